The molecular formula is C16H25DyN2OS2-. The number of carbonyl (C=O) groups excluding carboxylic acids is 1. The molecule has 0 saturated carbocycles. The molecule has 0 saturated heterocycles. The Morgan fingerprint density at radius 1 is 1.32 bits per heavy atom. The number of rotatable bonds is 6. The third kappa shape index (κ3) is 9.05. The number of nitrogens with one attached hydrogen (secondary N) is 2. The van der Waals surface area contributed by atoms with Crippen molar-refractivity contribution in [1.82, 2.24) is 10.0 Å². The maximum Gasteiger partial charge on any atom is 0.251 e. The van der Waals surface area contributed by atoms with E-state index in [9.17, 15) is 4.79 Å². The molecule has 3 nitrogen and oxygen atoms in total. The van der Waals surface area contributed by atoms with Gasteiger partial charge in [0.15, 0.2) is 0 Å². The van der Waals surface area contributed by atoms with Crippen molar-refractivity contribution in [3.8, 4) is 0 Å². The van der Waals surface area contributed by atoms with Gasteiger partial charge < -0.3 is 22.9 Å². The Bertz CT molecular complexity index is 457. The summed E-state index contributed by atoms with van der Waals surface area (Å²) >= 11 is 9.38. The van der Waals surface area contributed by atoms with E-state index in [-0.39, 0.29) is 49.5 Å². The Labute approximate surface area is 175 Å². The van der Waals surface area contributed by atoms with Crippen molar-refractivity contribution >= 4 is 31.4 Å². The first-order valence-corrected chi connectivity index (χ1v) is 8.05. The Kier molecular flexibility index (Phi) is 10.8. The second-order valence-electron chi connectivity index (χ2n) is 6.43. The largest absolute Gasteiger partial charge is 0.704 e. The van der Waals surface area contributed by atoms with Crippen LogP contribution in [-0.2, 0) is 17.6 Å². The van der Waals surface area contributed by atoms with Gasteiger partial charge in [-0.15, -0.1) is 0 Å². The van der Waals surface area contributed by atoms with Crippen LogP contribution >= 0.6 is 12.6 Å². The van der Waals surface area contributed by atoms with Crippen molar-refractivity contribution in [3.05, 3.63) is 36.0 Å². The molecule has 1 aliphatic carbocycles. The fourth-order valence-electron chi connectivity index (χ4n) is 2.33. The van der Waals surface area contributed by atoms with Gasteiger partial charge in [-0.2, -0.15) is 12.6 Å². The number of amides is 1. The fraction of sp³-hybridized carbons (Fsp3) is 0.562. The van der Waals surface area contributed by atoms with E-state index in [1.807, 2.05) is 31.2 Å². The average molecular weight is 488 g/mol. The molecule has 0 fully saturated rings. The summed E-state index contributed by atoms with van der Waals surface area (Å²) in [6.45, 7) is 6.71. The van der Waals surface area contributed by atoms with Crippen LogP contribution in [0.5, 0.6) is 0 Å². The molecule has 6 heteroatoms. The molecule has 1 atom stereocenters. The molecule has 0 spiro atoms. The van der Waals surface area contributed by atoms with Gasteiger partial charge in [0.1, 0.15) is 0 Å². The van der Waals surface area contributed by atoms with Gasteiger partial charge in [-0.25, -0.2) is 0 Å². The maximum atomic E-state index is 12.2. The van der Waals surface area contributed by atoms with E-state index >= 15 is 0 Å². The minimum atomic E-state index is -0.425. The quantitative estimate of drug-likeness (QED) is 0.306. The Balaban J connectivity index is 0.00000441. The van der Waals surface area contributed by atoms with Crippen LogP contribution in [0.15, 0.2) is 36.0 Å². The van der Waals surface area contributed by atoms with E-state index in [0.29, 0.717) is 12.1 Å². The zero-order valence-corrected chi connectivity index (χ0v) is 17.0. The minimum absolute atomic E-state index is 0. The van der Waals surface area contributed by atoms with E-state index in [1.54, 1.807) is 0 Å². The number of allylic oxidation sites excluding steroid dienone is 4. The normalized spacial score (nSPS) is 22.9. The zero-order chi connectivity index (χ0) is 15.9. The van der Waals surface area contributed by atoms with Crippen molar-refractivity contribution in [3.63, 3.8) is 0 Å². The maximum absolute atomic E-state index is 12.2. The SMILES string of the molecule is CC(C)(CNC(=O)C1=C/C=C\CC/C=C\1)CC(C)(S)N[S-].[Dy]. The summed E-state index contributed by atoms with van der Waals surface area (Å²) in [5, 5.41) is 3.00. The molecule has 1 unspecified atom stereocenters. The van der Waals surface area contributed by atoms with Crippen molar-refractivity contribution < 1.29 is 43.0 Å². The van der Waals surface area contributed by atoms with E-state index in [1.165, 1.54) is 0 Å². The number of carbonyl (C=O) groups is 1. The third-order valence-corrected chi connectivity index (χ3v) is 4.11. The molecule has 128 valence electrons. The molecule has 0 aromatic heterocycles. The second kappa shape index (κ2) is 10.5. The molecule has 0 aromatic carbocycles. The molecule has 0 radical (unpaired) electrons. The van der Waals surface area contributed by atoms with Gasteiger partial charge in [0.25, 0.3) is 5.91 Å². The summed E-state index contributed by atoms with van der Waals surface area (Å²) in [6, 6.07) is 0. The van der Waals surface area contributed by atoms with E-state index in [4.69, 9.17) is 12.8 Å². The van der Waals surface area contributed by atoms with Gasteiger partial charge in [0.05, 0.1) is 0 Å². The average Bonchev–Trinajstić information content (AvgIpc) is 2.34. The van der Waals surface area contributed by atoms with Gasteiger partial charge in [-0.05, 0) is 37.7 Å². The molecular weight excluding hydrogens is 463 g/mol. The molecule has 1 rings (SSSR count). The minimum Gasteiger partial charge on any atom is -0.704 e. The van der Waals surface area contributed by atoms with E-state index < -0.39 is 4.87 Å². The summed E-state index contributed by atoms with van der Waals surface area (Å²) in [7, 11) is 0. The third-order valence-electron chi connectivity index (χ3n) is 3.24. The Morgan fingerprint density at radius 2 is 1.95 bits per heavy atom. The predicted octanol–water partition coefficient (Wildman–Crippen LogP) is 3.05. The van der Waals surface area contributed by atoms with Crippen LogP contribution in [0.1, 0.15) is 40.0 Å². The molecule has 0 aliphatic heterocycles. The monoisotopic (exact) mass is 489 g/mol. The van der Waals surface area contributed by atoms with Crippen molar-refractivity contribution in [2.75, 3.05) is 6.54 Å². The smallest absolute Gasteiger partial charge is 0.251 e. The summed E-state index contributed by atoms with van der Waals surface area (Å²) in [4.78, 5) is 11.8. The van der Waals surface area contributed by atoms with Gasteiger partial charge >= 0.3 is 0 Å². The summed E-state index contributed by atoms with van der Waals surface area (Å²) < 4.78 is 2.77. The first-order valence-electron chi connectivity index (χ1n) is 7.19. The zero-order valence-electron chi connectivity index (χ0n) is 13.3. The van der Waals surface area contributed by atoms with Crippen LogP contribution in [-0.4, -0.2) is 17.3 Å². The molecule has 0 aromatic rings. The van der Waals surface area contributed by atoms with Gasteiger partial charge in [-0.1, -0.05) is 38.2 Å². The van der Waals surface area contributed by atoms with Crippen molar-refractivity contribution in [2.45, 2.75) is 44.9 Å². The Morgan fingerprint density at radius 3 is 2.59 bits per heavy atom. The molecule has 0 bridgehead atoms. The van der Waals surface area contributed by atoms with Crippen LogP contribution in [0, 0.1) is 43.6 Å². The summed E-state index contributed by atoms with van der Waals surface area (Å²) in [5.41, 5.74) is 0.594. The predicted molar refractivity (Wildman–Crippen MR) is 94.9 cm³/mol. The second-order valence-corrected chi connectivity index (χ2v) is 7.62. The summed E-state index contributed by atoms with van der Waals surface area (Å²) in [6.07, 6.45) is 12.5. The van der Waals surface area contributed by atoms with Crippen molar-refractivity contribution in [2.24, 2.45) is 5.41 Å². The van der Waals surface area contributed by atoms with Crippen LogP contribution in [0.4, 0.5) is 0 Å². The van der Waals surface area contributed by atoms with Crippen molar-refractivity contribution in [1.29, 1.82) is 0 Å². The molecule has 1 amide bonds. The molecule has 1 aliphatic rings. The van der Waals surface area contributed by atoms with Crippen LogP contribution in [0.3, 0.4) is 0 Å². The van der Waals surface area contributed by atoms with Gasteiger partial charge in [-0.3, -0.25) is 4.79 Å². The van der Waals surface area contributed by atoms with E-state index in [0.717, 1.165) is 19.3 Å². The van der Waals surface area contributed by atoms with Gasteiger partial charge in [0.2, 0.25) is 0 Å². The van der Waals surface area contributed by atoms with Gasteiger partial charge in [0, 0.05) is 55.2 Å². The first-order chi connectivity index (χ1) is 9.76. The molecule has 0 heterocycles. The van der Waals surface area contributed by atoms with E-state index in [2.05, 4.69) is 42.6 Å². The fourth-order valence-corrected chi connectivity index (χ4v) is 2.83. The van der Waals surface area contributed by atoms with Crippen LogP contribution in [0.25, 0.3) is 0 Å². The molecule has 22 heavy (non-hydrogen) atoms. The topological polar surface area (TPSA) is 41.1 Å². The first kappa shape index (κ1) is 22.6. The standard InChI is InChI=1S/C16H25N2OS2.Dy/c1-15(2,11-16(3,20)18-21)12-17-14(19)13-9-7-5-4-6-8-10-13;/h5,7-10,18,20H,4,6,11-12H2,1-3H3,(H,17,19);/q-1;/b7-5-,10-8-,13-9+;. The number of hydrogen-bond donors (Lipinski definition) is 3. The molecule has 2 N–H and O–H groups in total. The van der Waals surface area contributed by atoms with Crippen LogP contribution in [0.2, 0.25) is 0 Å². The Hall–Kier alpha value is 0.623. The van der Waals surface area contributed by atoms with Crippen LogP contribution < -0.4 is 10.0 Å². The number of hydrogen-bond acceptors (Lipinski definition) is 4. The summed E-state index contributed by atoms with van der Waals surface area (Å²) in [5.74, 6) is -0.0434. The number of thiol groups is 1.